The summed E-state index contributed by atoms with van der Waals surface area (Å²) < 4.78 is 0. The summed E-state index contributed by atoms with van der Waals surface area (Å²) in [6.45, 7) is 1.81. The highest BCUT2D eigenvalue weighted by molar-refractivity contribution is 5.35. The van der Waals surface area contributed by atoms with Crippen molar-refractivity contribution in [3.05, 3.63) is 23.5 Å². The summed E-state index contributed by atoms with van der Waals surface area (Å²) in [6.07, 6.45) is 5.80. The molecule has 3 heteroatoms. The topological polar surface area (TPSA) is 59.1 Å². The molecule has 0 radical (unpaired) electrons. The molecule has 2 rings (SSSR count). The molecule has 1 fully saturated rings. The maximum Gasteiger partial charge on any atom is 0.139 e. The van der Waals surface area contributed by atoms with Gasteiger partial charge in [0, 0.05) is 11.7 Å². The van der Waals surface area contributed by atoms with Crippen LogP contribution < -0.4 is 5.73 Å². The number of aryl methyl sites for hydroxylation is 2. The Morgan fingerprint density at radius 3 is 2.93 bits per heavy atom. The van der Waals surface area contributed by atoms with Crippen LogP contribution in [0.4, 0.5) is 0 Å². The normalized spacial score (nSPS) is 18.1. The molecule has 76 valence electrons. The minimum Gasteiger partial charge on any atom is -0.506 e. The summed E-state index contributed by atoms with van der Waals surface area (Å²) in [4.78, 5) is 4.02. The van der Waals surface area contributed by atoms with E-state index in [1.807, 2.05) is 13.0 Å². The minimum atomic E-state index is 0.0591. The first kappa shape index (κ1) is 9.46. The van der Waals surface area contributed by atoms with Gasteiger partial charge in [0.25, 0.3) is 0 Å². The van der Waals surface area contributed by atoms with Crippen LogP contribution in [0.2, 0.25) is 0 Å². The second-order valence-electron chi connectivity index (χ2n) is 4.27. The molecule has 0 spiro atoms. The number of nitrogens with two attached hydrogens (primary N) is 1. The first-order valence-electron chi connectivity index (χ1n) is 5.03. The van der Waals surface area contributed by atoms with Crippen LogP contribution in [0.5, 0.6) is 5.75 Å². The zero-order valence-electron chi connectivity index (χ0n) is 8.45. The molecule has 14 heavy (non-hydrogen) atoms. The third kappa shape index (κ3) is 1.87. The van der Waals surface area contributed by atoms with Gasteiger partial charge >= 0.3 is 0 Å². The van der Waals surface area contributed by atoms with Crippen molar-refractivity contribution in [1.82, 2.24) is 4.98 Å². The number of hydrogen-bond acceptors (Lipinski definition) is 3. The number of nitrogens with zero attached hydrogens (tertiary/aromatic N) is 1. The maximum atomic E-state index is 9.71. The van der Waals surface area contributed by atoms with Gasteiger partial charge in [-0.25, -0.2) is 0 Å². The lowest BCUT2D eigenvalue weighted by molar-refractivity contribution is 0.456. The van der Waals surface area contributed by atoms with Crippen molar-refractivity contribution in [3.63, 3.8) is 0 Å². The number of hydrogen-bond donors (Lipinski definition) is 2. The third-order valence-electron chi connectivity index (χ3n) is 2.98. The number of aromatic hydroxyl groups is 1. The Labute approximate surface area is 84.0 Å². The average Bonchev–Trinajstić information content (AvgIpc) is 2.88. The molecule has 1 saturated carbocycles. The minimum absolute atomic E-state index is 0.0591. The molecule has 0 aromatic carbocycles. The number of pyridine rings is 1. The first-order valence-corrected chi connectivity index (χ1v) is 5.03. The fourth-order valence-electron chi connectivity index (χ4n) is 1.61. The SMILES string of the molecule is Cc1nccc(CCC2(N)CC2)c1O. The summed E-state index contributed by atoms with van der Waals surface area (Å²) in [5.74, 6) is 0.330. The zero-order valence-corrected chi connectivity index (χ0v) is 8.45. The Kier molecular flexibility index (Phi) is 2.19. The molecule has 0 bridgehead atoms. The lowest BCUT2D eigenvalue weighted by Gasteiger charge is -2.09. The zero-order chi connectivity index (χ0) is 10.2. The molecule has 0 aliphatic heterocycles. The highest BCUT2D eigenvalue weighted by Gasteiger charge is 2.37. The van der Waals surface area contributed by atoms with Gasteiger partial charge in [-0.2, -0.15) is 0 Å². The molecule has 1 aromatic rings. The van der Waals surface area contributed by atoms with Crippen molar-refractivity contribution >= 4 is 0 Å². The predicted octanol–water partition coefficient (Wildman–Crippen LogP) is 1.52. The van der Waals surface area contributed by atoms with Gasteiger partial charge in [-0.05, 0) is 44.2 Å². The van der Waals surface area contributed by atoms with Crippen LogP contribution in [-0.2, 0) is 6.42 Å². The van der Waals surface area contributed by atoms with E-state index in [0.717, 1.165) is 31.2 Å². The highest BCUT2D eigenvalue weighted by Crippen LogP contribution is 2.37. The van der Waals surface area contributed by atoms with Gasteiger partial charge in [-0.1, -0.05) is 0 Å². The first-order chi connectivity index (χ1) is 6.61. The van der Waals surface area contributed by atoms with E-state index in [2.05, 4.69) is 4.98 Å². The van der Waals surface area contributed by atoms with Gasteiger partial charge in [0.2, 0.25) is 0 Å². The van der Waals surface area contributed by atoms with Crippen molar-refractivity contribution in [3.8, 4) is 5.75 Å². The molecular weight excluding hydrogens is 176 g/mol. The van der Waals surface area contributed by atoms with E-state index in [9.17, 15) is 5.11 Å². The lowest BCUT2D eigenvalue weighted by Crippen LogP contribution is -2.22. The van der Waals surface area contributed by atoms with E-state index in [4.69, 9.17) is 5.73 Å². The van der Waals surface area contributed by atoms with Gasteiger partial charge in [0.05, 0.1) is 5.69 Å². The fraction of sp³-hybridized carbons (Fsp3) is 0.545. The Morgan fingerprint density at radius 1 is 1.57 bits per heavy atom. The second kappa shape index (κ2) is 3.24. The van der Waals surface area contributed by atoms with Crippen molar-refractivity contribution in [1.29, 1.82) is 0 Å². The molecule has 1 aromatic heterocycles. The van der Waals surface area contributed by atoms with E-state index in [-0.39, 0.29) is 5.54 Å². The van der Waals surface area contributed by atoms with Gasteiger partial charge in [-0.3, -0.25) is 4.98 Å². The van der Waals surface area contributed by atoms with Crippen LogP contribution in [-0.4, -0.2) is 15.6 Å². The molecular formula is C11H16N2O. The standard InChI is InChI=1S/C11H16N2O/c1-8-10(14)9(3-7-13-8)2-4-11(12)5-6-11/h3,7,14H,2,4-6,12H2,1H3. The Balaban J connectivity index is 2.05. The van der Waals surface area contributed by atoms with E-state index >= 15 is 0 Å². The molecule has 1 aliphatic rings. The van der Waals surface area contributed by atoms with E-state index in [1.165, 1.54) is 0 Å². The Hall–Kier alpha value is -1.09. The highest BCUT2D eigenvalue weighted by atomic mass is 16.3. The molecule has 0 amide bonds. The van der Waals surface area contributed by atoms with Crippen LogP contribution in [0.1, 0.15) is 30.5 Å². The summed E-state index contributed by atoms with van der Waals surface area (Å²) in [5.41, 5.74) is 7.71. The molecule has 3 nitrogen and oxygen atoms in total. The molecule has 0 unspecified atom stereocenters. The number of rotatable bonds is 3. The Morgan fingerprint density at radius 2 is 2.29 bits per heavy atom. The molecule has 1 aliphatic carbocycles. The van der Waals surface area contributed by atoms with Gasteiger partial charge in [-0.15, -0.1) is 0 Å². The van der Waals surface area contributed by atoms with Crippen LogP contribution in [0, 0.1) is 6.92 Å². The fourth-order valence-corrected chi connectivity index (χ4v) is 1.61. The van der Waals surface area contributed by atoms with E-state index in [0.29, 0.717) is 11.4 Å². The van der Waals surface area contributed by atoms with Gasteiger partial charge < -0.3 is 10.8 Å². The van der Waals surface area contributed by atoms with Gasteiger partial charge in [0.1, 0.15) is 5.75 Å². The molecule has 1 heterocycles. The third-order valence-corrected chi connectivity index (χ3v) is 2.98. The molecule has 3 N–H and O–H groups in total. The summed E-state index contributed by atoms with van der Waals surface area (Å²) in [7, 11) is 0. The van der Waals surface area contributed by atoms with Crippen molar-refractivity contribution in [2.24, 2.45) is 5.73 Å². The van der Waals surface area contributed by atoms with Crippen LogP contribution in [0.15, 0.2) is 12.3 Å². The maximum absolute atomic E-state index is 9.71. The lowest BCUT2D eigenvalue weighted by atomic mass is 10.0. The summed E-state index contributed by atoms with van der Waals surface area (Å²) >= 11 is 0. The van der Waals surface area contributed by atoms with Crippen molar-refractivity contribution in [2.75, 3.05) is 0 Å². The van der Waals surface area contributed by atoms with E-state index in [1.54, 1.807) is 6.20 Å². The summed E-state index contributed by atoms with van der Waals surface area (Å²) in [6, 6.07) is 1.87. The quantitative estimate of drug-likeness (QED) is 0.763. The van der Waals surface area contributed by atoms with Gasteiger partial charge in [0.15, 0.2) is 0 Å². The van der Waals surface area contributed by atoms with E-state index < -0.39 is 0 Å². The molecule has 0 atom stereocenters. The van der Waals surface area contributed by atoms with Crippen LogP contribution in [0.25, 0.3) is 0 Å². The average molecular weight is 192 g/mol. The summed E-state index contributed by atoms with van der Waals surface area (Å²) in [5, 5.41) is 9.71. The van der Waals surface area contributed by atoms with Crippen LogP contribution in [0.3, 0.4) is 0 Å². The second-order valence-corrected chi connectivity index (χ2v) is 4.27. The van der Waals surface area contributed by atoms with Crippen LogP contribution >= 0.6 is 0 Å². The largest absolute Gasteiger partial charge is 0.506 e. The van der Waals surface area contributed by atoms with Crippen molar-refractivity contribution in [2.45, 2.75) is 38.1 Å². The van der Waals surface area contributed by atoms with Crippen molar-refractivity contribution < 1.29 is 5.11 Å². The smallest absolute Gasteiger partial charge is 0.139 e. The Bertz CT molecular complexity index is 345. The predicted molar refractivity (Wildman–Crippen MR) is 55.1 cm³/mol. The number of aromatic nitrogens is 1. The molecule has 0 saturated heterocycles. The monoisotopic (exact) mass is 192 g/mol.